The van der Waals surface area contributed by atoms with Crippen LogP contribution in [0.3, 0.4) is 0 Å². The van der Waals surface area contributed by atoms with E-state index in [1.165, 1.54) is 12.0 Å². The molecule has 0 aliphatic carbocycles. The average Bonchev–Trinajstić information content (AvgIpc) is 2.97. The highest BCUT2D eigenvalue weighted by atomic mass is 16.5. The molecule has 1 heterocycles. The van der Waals surface area contributed by atoms with Gasteiger partial charge in [0.15, 0.2) is 0 Å². The van der Waals surface area contributed by atoms with E-state index >= 15 is 0 Å². The third-order valence-electron chi connectivity index (χ3n) is 4.80. The lowest BCUT2D eigenvalue weighted by Crippen LogP contribution is -2.36. The molecule has 28 heavy (non-hydrogen) atoms. The van der Waals surface area contributed by atoms with E-state index in [0.717, 1.165) is 5.56 Å². The van der Waals surface area contributed by atoms with Crippen molar-refractivity contribution in [2.24, 2.45) is 0 Å². The number of benzene rings is 2. The van der Waals surface area contributed by atoms with Crippen LogP contribution < -0.4 is 4.74 Å². The van der Waals surface area contributed by atoms with Gasteiger partial charge in [0, 0.05) is 25.7 Å². The molecule has 0 radical (unpaired) electrons. The SMILES string of the molecule is COc1ccccc1C1=C(N(C)CCO)C(=O)N(CCc2ccccc2)C1=O. The molecule has 0 bridgehead atoms. The lowest BCUT2D eigenvalue weighted by Gasteiger charge is -2.20. The molecular formula is C22H24N2O4. The summed E-state index contributed by atoms with van der Waals surface area (Å²) in [5.41, 5.74) is 2.23. The summed E-state index contributed by atoms with van der Waals surface area (Å²) in [6, 6.07) is 16.9. The summed E-state index contributed by atoms with van der Waals surface area (Å²) in [5.74, 6) is -0.165. The van der Waals surface area contributed by atoms with Crippen molar-refractivity contribution in [2.75, 3.05) is 33.9 Å². The standard InChI is InChI=1S/C22H24N2O4/c1-23(14-15-25)20-19(17-10-6-7-11-18(17)28-2)21(26)24(22(20)27)13-12-16-8-4-3-5-9-16/h3-11,25H,12-15H2,1-2H3. The minimum atomic E-state index is -0.349. The van der Waals surface area contributed by atoms with Gasteiger partial charge < -0.3 is 14.7 Å². The number of nitrogens with zero attached hydrogens (tertiary/aromatic N) is 2. The predicted octanol–water partition coefficient (Wildman–Crippen LogP) is 1.94. The average molecular weight is 380 g/mol. The molecule has 146 valence electrons. The van der Waals surface area contributed by atoms with Gasteiger partial charge in [-0.15, -0.1) is 0 Å². The van der Waals surface area contributed by atoms with E-state index in [1.54, 1.807) is 30.1 Å². The Labute approximate surface area is 164 Å². The number of amides is 2. The Morgan fingerprint density at radius 1 is 1.00 bits per heavy atom. The Balaban J connectivity index is 1.97. The summed E-state index contributed by atoms with van der Waals surface area (Å²) in [6.45, 7) is 0.418. The molecule has 1 aliphatic heterocycles. The number of methoxy groups -OCH3 is 1. The first-order chi connectivity index (χ1) is 13.6. The molecule has 6 heteroatoms. The summed E-state index contributed by atoms with van der Waals surface area (Å²) < 4.78 is 5.41. The molecule has 0 atom stereocenters. The van der Waals surface area contributed by atoms with Crippen LogP contribution in [0.25, 0.3) is 5.57 Å². The smallest absolute Gasteiger partial charge is 0.277 e. The first-order valence-electron chi connectivity index (χ1n) is 9.18. The van der Waals surface area contributed by atoms with Crippen LogP contribution in [0.15, 0.2) is 60.3 Å². The van der Waals surface area contributed by atoms with E-state index in [0.29, 0.717) is 23.3 Å². The van der Waals surface area contributed by atoms with E-state index in [4.69, 9.17) is 4.74 Å². The van der Waals surface area contributed by atoms with Crippen LogP contribution in [0, 0.1) is 0 Å². The van der Waals surface area contributed by atoms with Gasteiger partial charge in [-0.3, -0.25) is 14.5 Å². The zero-order valence-electron chi connectivity index (χ0n) is 16.1. The van der Waals surface area contributed by atoms with E-state index in [9.17, 15) is 14.7 Å². The number of ether oxygens (including phenoxy) is 1. The van der Waals surface area contributed by atoms with Gasteiger partial charge in [0.1, 0.15) is 11.4 Å². The van der Waals surface area contributed by atoms with Crippen LogP contribution in [0.1, 0.15) is 11.1 Å². The molecule has 0 spiro atoms. The number of aliphatic hydroxyl groups excluding tert-OH is 1. The van der Waals surface area contributed by atoms with Crippen LogP contribution in [-0.4, -0.2) is 60.6 Å². The molecule has 2 aromatic rings. The van der Waals surface area contributed by atoms with Gasteiger partial charge in [-0.2, -0.15) is 0 Å². The second-order valence-electron chi connectivity index (χ2n) is 6.57. The molecule has 2 aromatic carbocycles. The van der Waals surface area contributed by atoms with Crippen LogP contribution >= 0.6 is 0 Å². The maximum absolute atomic E-state index is 13.2. The monoisotopic (exact) mass is 380 g/mol. The fraction of sp³-hybridized carbons (Fsp3) is 0.273. The van der Waals surface area contributed by atoms with Gasteiger partial charge in [-0.1, -0.05) is 48.5 Å². The molecule has 0 saturated carbocycles. The van der Waals surface area contributed by atoms with Crippen molar-refractivity contribution < 1.29 is 19.4 Å². The number of imide groups is 1. The van der Waals surface area contributed by atoms with Crippen LogP contribution in [-0.2, 0) is 16.0 Å². The zero-order valence-corrected chi connectivity index (χ0v) is 16.1. The quantitative estimate of drug-likeness (QED) is 0.709. The number of likely N-dealkylation sites (N-methyl/N-ethyl adjacent to an activating group) is 1. The highest BCUT2D eigenvalue weighted by Gasteiger charge is 2.41. The third kappa shape index (κ3) is 3.77. The molecule has 2 amide bonds. The summed E-state index contributed by atoms with van der Waals surface area (Å²) in [6.07, 6.45) is 0.578. The Morgan fingerprint density at radius 3 is 2.36 bits per heavy atom. The number of hydrogen-bond acceptors (Lipinski definition) is 5. The summed E-state index contributed by atoms with van der Waals surface area (Å²) in [7, 11) is 3.23. The number of para-hydroxylation sites is 1. The minimum absolute atomic E-state index is 0.120. The molecule has 0 fully saturated rings. The summed E-state index contributed by atoms with van der Waals surface area (Å²) in [5, 5.41) is 9.33. The molecule has 0 aromatic heterocycles. The fourth-order valence-electron chi connectivity index (χ4n) is 3.36. The largest absolute Gasteiger partial charge is 0.496 e. The van der Waals surface area contributed by atoms with Crippen LogP contribution in [0.4, 0.5) is 0 Å². The van der Waals surface area contributed by atoms with Gasteiger partial charge in [-0.25, -0.2) is 0 Å². The van der Waals surface area contributed by atoms with E-state index in [2.05, 4.69) is 0 Å². The molecule has 0 saturated heterocycles. The molecule has 0 unspecified atom stereocenters. The topological polar surface area (TPSA) is 70.1 Å². The number of hydrogen-bond donors (Lipinski definition) is 1. The number of aliphatic hydroxyl groups is 1. The van der Waals surface area contributed by atoms with Gasteiger partial charge in [0.05, 0.1) is 19.3 Å². The van der Waals surface area contributed by atoms with Crippen molar-refractivity contribution in [3.05, 3.63) is 71.4 Å². The molecule has 6 nitrogen and oxygen atoms in total. The van der Waals surface area contributed by atoms with Gasteiger partial charge in [0.2, 0.25) is 0 Å². The minimum Gasteiger partial charge on any atom is -0.496 e. The lowest BCUT2D eigenvalue weighted by atomic mass is 10.0. The van der Waals surface area contributed by atoms with E-state index < -0.39 is 0 Å². The first kappa shape index (κ1) is 19.6. The Hall–Kier alpha value is -3.12. The van der Waals surface area contributed by atoms with Crippen molar-refractivity contribution >= 4 is 17.4 Å². The maximum atomic E-state index is 13.2. The van der Waals surface area contributed by atoms with E-state index in [1.807, 2.05) is 36.4 Å². The zero-order chi connectivity index (χ0) is 20.1. The lowest BCUT2D eigenvalue weighted by molar-refractivity contribution is -0.137. The van der Waals surface area contributed by atoms with Gasteiger partial charge in [-0.05, 0) is 18.1 Å². The Morgan fingerprint density at radius 2 is 1.68 bits per heavy atom. The van der Waals surface area contributed by atoms with E-state index in [-0.39, 0.29) is 37.2 Å². The second-order valence-corrected chi connectivity index (χ2v) is 6.57. The first-order valence-corrected chi connectivity index (χ1v) is 9.18. The highest BCUT2D eigenvalue weighted by Crippen LogP contribution is 2.35. The normalized spacial score (nSPS) is 14.0. The molecule has 3 rings (SSSR count). The Kier molecular flexibility index (Phi) is 6.11. The van der Waals surface area contributed by atoms with Crippen molar-refractivity contribution in [1.29, 1.82) is 0 Å². The van der Waals surface area contributed by atoms with Crippen molar-refractivity contribution in [1.82, 2.24) is 9.80 Å². The number of carbonyl (C=O) groups excluding carboxylic acids is 2. The predicted molar refractivity (Wildman–Crippen MR) is 106 cm³/mol. The fourth-order valence-corrected chi connectivity index (χ4v) is 3.36. The molecule has 1 aliphatic rings. The Bertz CT molecular complexity index is 892. The highest BCUT2D eigenvalue weighted by molar-refractivity contribution is 6.36. The number of rotatable bonds is 8. The van der Waals surface area contributed by atoms with Gasteiger partial charge >= 0.3 is 0 Å². The maximum Gasteiger partial charge on any atom is 0.277 e. The number of carbonyl (C=O) groups is 2. The van der Waals surface area contributed by atoms with Gasteiger partial charge in [0.25, 0.3) is 11.8 Å². The van der Waals surface area contributed by atoms with Crippen LogP contribution in [0.2, 0.25) is 0 Å². The molecule has 1 N–H and O–H groups in total. The van der Waals surface area contributed by atoms with Crippen molar-refractivity contribution in [3.8, 4) is 5.75 Å². The van der Waals surface area contributed by atoms with Crippen molar-refractivity contribution in [2.45, 2.75) is 6.42 Å². The van der Waals surface area contributed by atoms with Crippen LogP contribution in [0.5, 0.6) is 5.75 Å². The summed E-state index contributed by atoms with van der Waals surface area (Å²) >= 11 is 0. The molecular weight excluding hydrogens is 356 g/mol. The summed E-state index contributed by atoms with van der Waals surface area (Å²) in [4.78, 5) is 29.3. The third-order valence-corrected chi connectivity index (χ3v) is 4.80. The van der Waals surface area contributed by atoms with Crippen molar-refractivity contribution in [3.63, 3.8) is 0 Å². The second kappa shape index (κ2) is 8.71.